The molecule has 0 bridgehead atoms. The Morgan fingerprint density at radius 2 is 1.95 bits per heavy atom. The summed E-state index contributed by atoms with van der Waals surface area (Å²) in [6.45, 7) is 4.81. The van der Waals surface area contributed by atoms with Crippen LogP contribution in [-0.4, -0.2) is 29.3 Å². The number of rotatable bonds is 6. The van der Waals surface area contributed by atoms with Crippen molar-refractivity contribution < 1.29 is 14.3 Å². The molecule has 0 aliphatic heterocycles. The second-order valence-corrected chi connectivity index (χ2v) is 5.40. The van der Waals surface area contributed by atoms with Gasteiger partial charge in [0.1, 0.15) is 0 Å². The van der Waals surface area contributed by atoms with E-state index in [1.807, 2.05) is 13.8 Å². The minimum absolute atomic E-state index is 0.201. The second-order valence-electron chi connectivity index (χ2n) is 3.84. The van der Waals surface area contributed by atoms with Gasteiger partial charge in [-0.05, 0) is 37.6 Å². The molecule has 0 atom stereocenters. The number of aromatic nitrogens is 2. The fraction of sp³-hybridized carbons (Fsp3) is 0.308. The SMILES string of the molecule is CCOc1ccc(NC(=O)c2nnc(Cl)s2)cc1OCC. The minimum Gasteiger partial charge on any atom is -0.490 e. The van der Waals surface area contributed by atoms with E-state index in [2.05, 4.69) is 15.5 Å². The number of hydrogen-bond acceptors (Lipinski definition) is 6. The van der Waals surface area contributed by atoms with Crippen molar-refractivity contribution in [2.75, 3.05) is 18.5 Å². The summed E-state index contributed by atoms with van der Waals surface area (Å²) >= 11 is 6.67. The van der Waals surface area contributed by atoms with E-state index < -0.39 is 0 Å². The Hall–Kier alpha value is -1.86. The zero-order valence-corrected chi connectivity index (χ0v) is 13.1. The van der Waals surface area contributed by atoms with Gasteiger partial charge in [-0.3, -0.25) is 4.79 Å². The van der Waals surface area contributed by atoms with Gasteiger partial charge in [-0.1, -0.05) is 11.3 Å². The van der Waals surface area contributed by atoms with E-state index in [0.717, 1.165) is 11.3 Å². The Bertz CT molecular complexity index is 633. The lowest BCUT2D eigenvalue weighted by Gasteiger charge is -2.12. The van der Waals surface area contributed by atoms with E-state index in [1.165, 1.54) is 0 Å². The summed E-state index contributed by atoms with van der Waals surface area (Å²) < 4.78 is 11.2. The lowest BCUT2D eigenvalue weighted by Crippen LogP contribution is -2.12. The summed E-state index contributed by atoms with van der Waals surface area (Å²) in [6, 6.07) is 5.18. The minimum atomic E-state index is -0.369. The Balaban J connectivity index is 2.16. The van der Waals surface area contributed by atoms with Crippen molar-refractivity contribution in [3.05, 3.63) is 27.7 Å². The molecule has 0 saturated carbocycles. The third-order valence-electron chi connectivity index (χ3n) is 2.40. The maximum atomic E-state index is 12.0. The van der Waals surface area contributed by atoms with Crippen LogP contribution in [0.5, 0.6) is 11.5 Å². The molecule has 0 aliphatic rings. The maximum absolute atomic E-state index is 12.0. The van der Waals surface area contributed by atoms with Gasteiger partial charge in [0, 0.05) is 11.8 Å². The smallest absolute Gasteiger partial charge is 0.286 e. The largest absolute Gasteiger partial charge is 0.490 e. The van der Waals surface area contributed by atoms with Crippen LogP contribution in [-0.2, 0) is 0 Å². The quantitative estimate of drug-likeness (QED) is 0.881. The van der Waals surface area contributed by atoms with Crippen LogP contribution < -0.4 is 14.8 Å². The Kier molecular flexibility index (Phi) is 5.35. The van der Waals surface area contributed by atoms with Gasteiger partial charge in [-0.25, -0.2) is 0 Å². The van der Waals surface area contributed by atoms with Crippen LogP contribution in [0.25, 0.3) is 0 Å². The predicted molar refractivity (Wildman–Crippen MR) is 81.7 cm³/mol. The number of halogens is 1. The summed E-state index contributed by atoms with van der Waals surface area (Å²) in [4.78, 5) is 12.0. The highest BCUT2D eigenvalue weighted by Gasteiger charge is 2.13. The van der Waals surface area contributed by atoms with E-state index in [9.17, 15) is 4.79 Å². The van der Waals surface area contributed by atoms with Crippen molar-refractivity contribution in [1.29, 1.82) is 0 Å². The summed E-state index contributed by atoms with van der Waals surface area (Å²) in [5.41, 5.74) is 0.582. The van der Waals surface area contributed by atoms with Crippen LogP contribution in [0.4, 0.5) is 5.69 Å². The van der Waals surface area contributed by atoms with Crippen molar-refractivity contribution in [1.82, 2.24) is 10.2 Å². The van der Waals surface area contributed by atoms with Gasteiger partial charge in [0.15, 0.2) is 11.5 Å². The molecule has 0 unspecified atom stereocenters. The number of hydrogen-bond donors (Lipinski definition) is 1. The number of carbonyl (C=O) groups excluding carboxylic acids is 1. The van der Waals surface area contributed by atoms with Crippen LogP contribution >= 0.6 is 22.9 Å². The molecule has 1 aromatic carbocycles. The summed E-state index contributed by atoms with van der Waals surface area (Å²) in [7, 11) is 0. The summed E-state index contributed by atoms with van der Waals surface area (Å²) in [6.07, 6.45) is 0. The fourth-order valence-corrected chi connectivity index (χ4v) is 2.33. The van der Waals surface area contributed by atoms with Crippen LogP contribution in [0, 0.1) is 0 Å². The first-order valence-corrected chi connectivity index (χ1v) is 7.53. The molecule has 0 fully saturated rings. The van der Waals surface area contributed by atoms with Crippen LogP contribution in [0.15, 0.2) is 18.2 Å². The molecule has 0 spiro atoms. The number of ether oxygens (including phenoxy) is 2. The van der Waals surface area contributed by atoms with E-state index in [4.69, 9.17) is 21.1 Å². The lowest BCUT2D eigenvalue weighted by molar-refractivity contribution is 0.102. The number of nitrogens with zero attached hydrogens (tertiary/aromatic N) is 2. The molecule has 6 nitrogen and oxygen atoms in total. The molecule has 112 valence electrons. The van der Waals surface area contributed by atoms with Gasteiger partial charge < -0.3 is 14.8 Å². The molecule has 1 amide bonds. The van der Waals surface area contributed by atoms with Gasteiger partial charge in [-0.15, -0.1) is 10.2 Å². The first kappa shape index (κ1) is 15.5. The number of amides is 1. The summed E-state index contributed by atoms with van der Waals surface area (Å²) in [5, 5.41) is 10.2. The molecular formula is C13H14ClN3O3S. The highest BCUT2D eigenvalue weighted by atomic mass is 35.5. The first-order chi connectivity index (χ1) is 10.1. The number of anilines is 1. The molecule has 0 saturated heterocycles. The van der Waals surface area contributed by atoms with E-state index >= 15 is 0 Å². The highest BCUT2D eigenvalue weighted by molar-refractivity contribution is 7.17. The van der Waals surface area contributed by atoms with Crippen molar-refractivity contribution >= 4 is 34.5 Å². The standard InChI is InChI=1S/C13H14ClN3O3S/c1-3-19-9-6-5-8(7-10(9)20-4-2)15-11(18)12-16-17-13(14)21-12/h5-7H,3-4H2,1-2H3,(H,15,18). The molecular weight excluding hydrogens is 314 g/mol. The molecule has 21 heavy (non-hydrogen) atoms. The van der Waals surface area contributed by atoms with Crippen molar-refractivity contribution in [2.45, 2.75) is 13.8 Å². The monoisotopic (exact) mass is 327 g/mol. The van der Waals surface area contributed by atoms with Gasteiger partial charge in [0.25, 0.3) is 5.91 Å². The third-order valence-corrected chi connectivity index (χ3v) is 3.41. The topological polar surface area (TPSA) is 73.3 Å². The Morgan fingerprint density at radius 1 is 1.24 bits per heavy atom. The van der Waals surface area contributed by atoms with Crippen LogP contribution in [0.1, 0.15) is 23.6 Å². The average molecular weight is 328 g/mol. The zero-order valence-electron chi connectivity index (χ0n) is 11.6. The van der Waals surface area contributed by atoms with Crippen molar-refractivity contribution in [3.63, 3.8) is 0 Å². The molecule has 2 aromatic rings. The molecule has 1 heterocycles. The second kappa shape index (κ2) is 7.24. The van der Waals surface area contributed by atoms with Crippen molar-refractivity contribution in [3.8, 4) is 11.5 Å². The van der Waals surface area contributed by atoms with E-state index in [0.29, 0.717) is 30.4 Å². The van der Waals surface area contributed by atoms with Gasteiger partial charge >= 0.3 is 0 Å². The van der Waals surface area contributed by atoms with Gasteiger partial charge in [0.2, 0.25) is 9.47 Å². The fourth-order valence-electron chi connectivity index (χ4n) is 1.61. The summed E-state index contributed by atoms with van der Waals surface area (Å²) in [5.74, 6) is 0.842. The maximum Gasteiger partial charge on any atom is 0.286 e. The highest BCUT2D eigenvalue weighted by Crippen LogP contribution is 2.31. The van der Waals surface area contributed by atoms with Crippen molar-refractivity contribution in [2.24, 2.45) is 0 Å². The molecule has 0 radical (unpaired) electrons. The van der Waals surface area contributed by atoms with Gasteiger partial charge in [0.05, 0.1) is 13.2 Å². The van der Waals surface area contributed by atoms with E-state index in [1.54, 1.807) is 18.2 Å². The number of carbonyl (C=O) groups is 1. The zero-order chi connectivity index (χ0) is 15.2. The lowest BCUT2D eigenvalue weighted by atomic mass is 10.2. The third kappa shape index (κ3) is 4.05. The molecule has 0 aliphatic carbocycles. The molecule has 1 aromatic heterocycles. The Labute approximate surface area is 131 Å². The van der Waals surface area contributed by atoms with Crippen LogP contribution in [0.3, 0.4) is 0 Å². The normalized spacial score (nSPS) is 10.2. The molecule has 8 heteroatoms. The van der Waals surface area contributed by atoms with E-state index in [-0.39, 0.29) is 15.4 Å². The number of nitrogens with one attached hydrogen (secondary N) is 1. The average Bonchev–Trinajstić information content (AvgIpc) is 2.89. The molecule has 1 N–H and O–H groups in total. The molecule has 2 rings (SSSR count). The van der Waals surface area contributed by atoms with Gasteiger partial charge in [-0.2, -0.15) is 0 Å². The first-order valence-electron chi connectivity index (χ1n) is 6.34. The van der Waals surface area contributed by atoms with Crippen LogP contribution in [0.2, 0.25) is 4.47 Å². The predicted octanol–water partition coefficient (Wildman–Crippen LogP) is 3.24. The number of benzene rings is 1. The Morgan fingerprint density at radius 3 is 2.57 bits per heavy atom.